The maximum Gasteiger partial charge on any atom is 0.265 e. The number of nitrogens with zero attached hydrogens (tertiary/aromatic N) is 2. The van der Waals surface area contributed by atoms with Gasteiger partial charge in [0.1, 0.15) is 17.2 Å². The van der Waals surface area contributed by atoms with Crippen molar-refractivity contribution in [1.29, 1.82) is 0 Å². The fraction of sp³-hybridized carbons (Fsp3) is 0.250. The van der Waals surface area contributed by atoms with Gasteiger partial charge in [0.2, 0.25) is 0 Å². The molecule has 5 nitrogen and oxygen atoms in total. The molecule has 4 rings (SSSR count). The first-order valence-electron chi connectivity index (χ1n) is 9.91. The third-order valence-electron chi connectivity index (χ3n) is 4.95. The van der Waals surface area contributed by atoms with Gasteiger partial charge < -0.3 is 14.4 Å². The molecule has 0 aliphatic carbocycles. The molecular formula is C24H22F2N2O3. The molecule has 2 heterocycles. The molecule has 1 amide bonds. The minimum absolute atomic E-state index is 0.0159. The van der Waals surface area contributed by atoms with Crippen LogP contribution in [-0.4, -0.2) is 23.1 Å². The molecule has 1 aromatic heterocycles. The zero-order chi connectivity index (χ0) is 22.0. The smallest absolute Gasteiger partial charge is 0.265 e. The quantitative estimate of drug-likeness (QED) is 0.576. The summed E-state index contributed by atoms with van der Waals surface area (Å²) >= 11 is 0. The van der Waals surface area contributed by atoms with Gasteiger partial charge in [-0.1, -0.05) is 18.2 Å². The molecule has 0 bridgehead atoms. The zero-order valence-corrected chi connectivity index (χ0v) is 17.3. The number of fused-ring (bicyclic) bond motifs is 1. The Balaban J connectivity index is 1.57. The second kappa shape index (κ2) is 8.34. The lowest BCUT2D eigenvalue weighted by Crippen LogP contribution is -2.35. The highest BCUT2D eigenvalue weighted by Crippen LogP contribution is 2.41. The number of amides is 1. The van der Waals surface area contributed by atoms with Crippen LogP contribution in [0.3, 0.4) is 0 Å². The molecule has 2 aromatic carbocycles. The fourth-order valence-electron chi connectivity index (χ4n) is 3.58. The molecule has 7 heteroatoms. The van der Waals surface area contributed by atoms with Crippen LogP contribution in [0.1, 0.15) is 25.1 Å². The number of rotatable bonds is 6. The van der Waals surface area contributed by atoms with Crippen LogP contribution < -0.4 is 14.4 Å². The minimum Gasteiger partial charge on any atom is -0.483 e. The molecule has 160 valence electrons. The molecule has 0 N–H and O–H groups in total. The van der Waals surface area contributed by atoms with E-state index >= 15 is 0 Å². The molecule has 0 fully saturated rings. The van der Waals surface area contributed by atoms with Gasteiger partial charge in [-0.05, 0) is 44.2 Å². The predicted molar refractivity (Wildman–Crippen MR) is 112 cm³/mol. The Kier molecular flexibility index (Phi) is 5.59. The Morgan fingerprint density at radius 1 is 1.16 bits per heavy atom. The van der Waals surface area contributed by atoms with E-state index in [1.54, 1.807) is 30.5 Å². The highest BCUT2D eigenvalue weighted by molar-refractivity contribution is 5.94. The van der Waals surface area contributed by atoms with Crippen molar-refractivity contribution < 1.29 is 23.0 Å². The van der Waals surface area contributed by atoms with E-state index in [4.69, 9.17) is 9.47 Å². The van der Waals surface area contributed by atoms with Crippen LogP contribution in [-0.2, 0) is 17.8 Å². The summed E-state index contributed by atoms with van der Waals surface area (Å²) < 4.78 is 39.6. The average Bonchev–Trinajstić information content (AvgIpc) is 3.06. The van der Waals surface area contributed by atoms with Crippen LogP contribution in [0.5, 0.6) is 11.5 Å². The maximum atomic E-state index is 14.5. The van der Waals surface area contributed by atoms with Crippen LogP contribution in [0.4, 0.5) is 14.5 Å². The SMILES string of the molecule is CC1(C)Cc2cccc(OCC(=O)N(Cc3ccccn3)c3ccc(F)cc3F)c2O1. The van der Waals surface area contributed by atoms with Crippen molar-refractivity contribution in [2.24, 2.45) is 0 Å². The molecule has 1 aliphatic rings. The molecule has 3 aromatic rings. The number of halogens is 2. The lowest BCUT2D eigenvalue weighted by molar-refractivity contribution is -0.120. The summed E-state index contributed by atoms with van der Waals surface area (Å²) in [6, 6.07) is 13.9. The van der Waals surface area contributed by atoms with Gasteiger partial charge in [0.05, 0.1) is 17.9 Å². The minimum atomic E-state index is -0.838. The van der Waals surface area contributed by atoms with Crippen molar-refractivity contribution in [3.8, 4) is 11.5 Å². The van der Waals surface area contributed by atoms with Crippen molar-refractivity contribution in [1.82, 2.24) is 4.98 Å². The first-order chi connectivity index (χ1) is 14.8. The number of hydrogen-bond donors (Lipinski definition) is 0. The Morgan fingerprint density at radius 2 is 2.00 bits per heavy atom. The third kappa shape index (κ3) is 4.66. The van der Waals surface area contributed by atoms with E-state index in [9.17, 15) is 13.6 Å². The normalized spacial score (nSPS) is 13.9. The monoisotopic (exact) mass is 424 g/mol. The van der Waals surface area contributed by atoms with Crippen molar-refractivity contribution in [2.45, 2.75) is 32.4 Å². The summed E-state index contributed by atoms with van der Waals surface area (Å²) in [6.45, 7) is 3.63. The number of carbonyl (C=O) groups is 1. The second-order valence-corrected chi connectivity index (χ2v) is 7.97. The van der Waals surface area contributed by atoms with Crippen LogP contribution in [0.15, 0.2) is 60.8 Å². The lowest BCUT2D eigenvalue weighted by Gasteiger charge is -2.23. The first-order valence-corrected chi connectivity index (χ1v) is 9.91. The van der Waals surface area contributed by atoms with E-state index in [-0.39, 0.29) is 24.4 Å². The van der Waals surface area contributed by atoms with Gasteiger partial charge in [-0.25, -0.2) is 8.78 Å². The summed E-state index contributed by atoms with van der Waals surface area (Å²) in [4.78, 5) is 18.5. The summed E-state index contributed by atoms with van der Waals surface area (Å²) in [5.41, 5.74) is 1.17. The first kappa shape index (κ1) is 20.8. The number of carbonyl (C=O) groups excluding carboxylic acids is 1. The standard InChI is InChI=1S/C24H22F2N2O3/c1-24(2)13-16-6-5-8-21(23(16)31-24)30-15-22(29)28(14-18-7-3-4-11-27-18)20-10-9-17(25)12-19(20)26/h3-12H,13-15H2,1-2H3. The van der Waals surface area contributed by atoms with Gasteiger partial charge in [0, 0.05) is 24.2 Å². The lowest BCUT2D eigenvalue weighted by atomic mass is 10.0. The van der Waals surface area contributed by atoms with E-state index in [0.29, 0.717) is 17.2 Å². The van der Waals surface area contributed by atoms with E-state index in [0.717, 1.165) is 24.1 Å². The van der Waals surface area contributed by atoms with E-state index < -0.39 is 17.5 Å². The molecule has 0 unspecified atom stereocenters. The van der Waals surface area contributed by atoms with Gasteiger partial charge in [-0.15, -0.1) is 0 Å². The van der Waals surface area contributed by atoms with Crippen LogP contribution in [0.2, 0.25) is 0 Å². The second-order valence-electron chi connectivity index (χ2n) is 7.97. The van der Waals surface area contributed by atoms with Gasteiger partial charge in [0.15, 0.2) is 18.1 Å². The maximum absolute atomic E-state index is 14.5. The molecule has 0 radical (unpaired) electrons. The Hall–Kier alpha value is -3.48. The van der Waals surface area contributed by atoms with Crippen molar-refractivity contribution >= 4 is 11.6 Å². The predicted octanol–water partition coefficient (Wildman–Crippen LogP) is 4.69. The summed E-state index contributed by atoms with van der Waals surface area (Å²) in [5, 5.41) is 0. The summed E-state index contributed by atoms with van der Waals surface area (Å²) in [5.74, 6) is -0.985. The number of ether oxygens (including phenoxy) is 2. The van der Waals surface area contributed by atoms with Crippen molar-refractivity contribution in [3.05, 3.63) is 83.7 Å². The number of pyridine rings is 1. The molecule has 0 saturated carbocycles. The van der Waals surface area contributed by atoms with E-state index in [2.05, 4.69) is 4.98 Å². The molecule has 31 heavy (non-hydrogen) atoms. The summed E-state index contributed by atoms with van der Waals surface area (Å²) in [6.07, 6.45) is 2.32. The number of aromatic nitrogens is 1. The number of para-hydroxylation sites is 1. The highest BCUT2D eigenvalue weighted by atomic mass is 19.1. The number of benzene rings is 2. The molecule has 0 atom stereocenters. The highest BCUT2D eigenvalue weighted by Gasteiger charge is 2.32. The number of hydrogen-bond acceptors (Lipinski definition) is 4. The zero-order valence-electron chi connectivity index (χ0n) is 17.3. The Bertz CT molecular complexity index is 1100. The molecule has 0 saturated heterocycles. The molecule has 0 spiro atoms. The largest absolute Gasteiger partial charge is 0.483 e. The topological polar surface area (TPSA) is 51.7 Å². The van der Waals surface area contributed by atoms with Crippen molar-refractivity contribution in [2.75, 3.05) is 11.5 Å². The fourth-order valence-corrected chi connectivity index (χ4v) is 3.58. The average molecular weight is 424 g/mol. The van der Waals surface area contributed by atoms with Crippen LogP contribution >= 0.6 is 0 Å². The van der Waals surface area contributed by atoms with Crippen LogP contribution in [0.25, 0.3) is 0 Å². The number of anilines is 1. The van der Waals surface area contributed by atoms with Gasteiger partial charge in [0.25, 0.3) is 5.91 Å². The third-order valence-corrected chi connectivity index (χ3v) is 4.95. The van der Waals surface area contributed by atoms with Gasteiger partial charge in [-0.3, -0.25) is 9.78 Å². The van der Waals surface area contributed by atoms with Crippen molar-refractivity contribution in [3.63, 3.8) is 0 Å². The van der Waals surface area contributed by atoms with Gasteiger partial charge >= 0.3 is 0 Å². The Morgan fingerprint density at radius 3 is 2.74 bits per heavy atom. The summed E-state index contributed by atoms with van der Waals surface area (Å²) in [7, 11) is 0. The Labute approximate surface area is 179 Å². The molecular weight excluding hydrogens is 402 g/mol. The van der Waals surface area contributed by atoms with Gasteiger partial charge in [-0.2, -0.15) is 0 Å². The molecule has 1 aliphatic heterocycles. The van der Waals surface area contributed by atoms with E-state index in [1.807, 2.05) is 26.0 Å². The van der Waals surface area contributed by atoms with Crippen LogP contribution in [0, 0.1) is 11.6 Å². The van der Waals surface area contributed by atoms with E-state index in [1.165, 1.54) is 11.0 Å².